The Morgan fingerprint density at radius 2 is 1.97 bits per heavy atom. The van der Waals surface area contributed by atoms with Crippen molar-refractivity contribution in [1.29, 1.82) is 0 Å². The maximum atomic E-state index is 14.0. The van der Waals surface area contributed by atoms with Crippen LogP contribution in [0.5, 0.6) is 5.75 Å². The zero-order chi connectivity index (χ0) is 25.9. The number of fused-ring (bicyclic) bond motifs is 2. The predicted molar refractivity (Wildman–Crippen MR) is 138 cm³/mol. The Morgan fingerprint density at radius 1 is 1.19 bits per heavy atom. The van der Waals surface area contributed by atoms with Crippen molar-refractivity contribution < 1.29 is 18.7 Å². The smallest absolute Gasteiger partial charge is 0.200 e. The van der Waals surface area contributed by atoms with E-state index in [-0.39, 0.29) is 24.0 Å². The molecule has 8 nitrogen and oxygen atoms in total. The summed E-state index contributed by atoms with van der Waals surface area (Å²) >= 11 is 0. The second-order valence-electron chi connectivity index (χ2n) is 10.4. The molecule has 2 bridgehead atoms. The predicted octanol–water partition coefficient (Wildman–Crippen LogP) is 4.18. The number of aromatic nitrogens is 4. The van der Waals surface area contributed by atoms with E-state index >= 15 is 0 Å². The van der Waals surface area contributed by atoms with Crippen molar-refractivity contribution in [1.82, 2.24) is 24.6 Å². The molecule has 1 aromatic carbocycles. The number of hydrogen-bond donors (Lipinski definition) is 0. The van der Waals surface area contributed by atoms with Crippen molar-refractivity contribution >= 4 is 5.78 Å². The minimum atomic E-state index is -0.462. The summed E-state index contributed by atoms with van der Waals surface area (Å²) in [6, 6.07) is 9.59. The van der Waals surface area contributed by atoms with Gasteiger partial charge < -0.3 is 9.47 Å². The molecule has 0 radical (unpaired) electrons. The molecule has 37 heavy (non-hydrogen) atoms. The molecular weight excluding hydrogens is 473 g/mol. The van der Waals surface area contributed by atoms with Crippen LogP contribution in [-0.4, -0.2) is 69.4 Å². The first-order chi connectivity index (χ1) is 17.9. The van der Waals surface area contributed by atoms with Crippen LogP contribution in [0.25, 0.3) is 22.9 Å². The Balaban J connectivity index is 1.36. The average molecular weight is 508 g/mol. The average Bonchev–Trinajstić information content (AvgIpc) is 3.38. The third-order valence-corrected chi connectivity index (χ3v) is 7.15. The van der Waals surface area contributed by atoms with E-state index < -0.39 is 5.82 Å². The van der Waals surface area contributed by atoms with Gasteiger partial charge in [-0.1, -0.05) is 19.9 Å². The van der Waals surface area contributed by atoms with Crippen LogP contribution in [0.2, 0.25) is 0 Å². The van der Waals surface area contributed by atoms with Gasteiger partial charge in [0.2, 0.25) is 0 Å². The van der Waals surface area contributed by atoms with E-state index in [0.717, 1.165) is 31.7 Å². The summed E-state index contributed by atoms with van der Waals surface area (Å²) in [5.41, 5.74) is 2.40. The molecule has 4 heterocycles. The van der Waals surface area contributed by atoms with Crippen LogP contribution >= 0.6 is 0 Å². The molecule has 0 N–H and O–H groups in total. The molecule has 0 spiro atoms. The maximum Gasteiger partial charge on any atom is 0.200 e. The highest BCUT2D eigenvalue weighted by Gasteiger charge is 2.36. The maximum absolute atomic E-state index is 14.0. The SMILES string of the molecule is COc1cc(-c2nc(-c3ccc(CCN4C5CCC4COC5)cn3)nn2CC(=O)CC(C)C)ccc1F. The molecule has 0 amide bonds. The summed E-state index contributed by atoms with van der Waals surface area (Å²) < 4.78 is 26.5. The van der Waals surface area contributed by atoms with Gasteiger partial charge in [0.05, 0.1) is 20.3 Å². The summed E-state index contributed by atoms with van der Waals surface area (Å²) in [6.45, 7) is 6.77. The minimum Gasteiger partial charge on any atom is -0.494 e. The molecular formula is C28H34FN5O3. The second-order valence-corrected chi connectivity index (χ2v) is 10.4. The van der Waals surface area contributed by atoms with Gasteiger partial charge in [0.15, 0.2) is 29.0 Å². The van der Waals surface area contributed by atoms with Gasteiger partial charge in [0.25, 0.3) is 0 Å². The first-order valence-electron chi connectivity index (χ1n) is 13.0. The van der Waals surface area contributed by atoms with Gasteiger partial charge in [0.1, 0.15) is 12.2 Å². The fraction of sp³-hybridized carbons (Fsp3) is 0.500. The number of pyridine rings is 1. The largest absolute Gasteiger partial charge is 0.494 e. The molecule has 2 unspecified atom stereocenters. The molecule has 2 atom stereocenters. The third-order valence-electron chi connectivity index (χ3n) is 7.15. The van der Waals surface area contributed by atoms with Gasteiger partial charge in [-0.25, -0.2) is 14.1 Å². The lowest BCUT2D eigenvalue weighted by Gasteiger charge is -2.34. The van der Waals surface area contributed by atoms with Gasteiger partial charge in [-0.2, -0.15) is 0 Å². The van der Waals surface area contributed by atoms with Crippen LogP contribution in [0.15, 0.2) is 36.5 Å². The highest BCUT2D eigenvalue weighted by atomic mass is 19.1. The number of carbonyl (C=O) groups excluding carboxylic acids is 1. The van der Waals surface area contributed by atoms with Gasteiger partial charge in [-0.05, 0) is 55.0 Å². The zero-order valence-electron chi connectivity index (χ0n) is 21.7. The first-order valence-corrected chi connectivity index (χ1v) is 13.0. The highest BCUT2D eigenvalue weighted by Crippen LogP contribution is 2.29. The zero-order valence-corrected chi connectivity index (χ0v) is 21.7. The van der Waals surface area contributed by atoms with E-state index in [9.17, 15) is 9.18 Å². The molecule has 2 aromatic heterocycles. The summed E-state index contributed by atoms with van der Waals surface area (Å²) in [6.07, 6.45) is 5.69. The number of benzene rings is 1. The molecule has 3 aromatic rings. The number of ketones is 1. The fourth-order valence-electron chi connectivity index (χ4n) is 5.30. The van der Waals surface area contributed by atoms with Crippen LogP contribution in [0.1, 0.15) is 38.7 Å². The molecule has 2 saturated heterocycles. The lowest BCUT2D eigenvalue weighted by atomic mass is 10.1. The summed E-state index contributed by atoms with van der Waals surface area (Å²) in [7, 11) is 1.42. The van der Waals surface area contributed by atoms with Crippen molar-refractivity contribution in [3.8, 4) is 28.7 Å². The second kappa shape index (κ2) is 11.1. The lowest BCUT2D eigenvalue weighted by Crippen LogP contribution is -2.46. The molecule has 196 valence electrons. The summed E-state index contributed by atoms with van der Waals surface area (Å²) in [4.78, 5) is 24.5. The number of Topliss-reactive ketones (excluding diaryl/α,β-unsaturated/α-hetero) is 1. The molecule has 0 aliphatic carbocycles. The van der Waals surface area contributed by atoms with E-state index in [4.69, 9.17) is 14.5 Å². The summed E-state index contributed by atoms with van der Waals surface area (Å²) in [5, 5.41) is 4.62. The normalized spacial score (nSPS) is 19.5. The van der Waals surface area contributed by atoms with Crippen LogP contribution in [-0.2, 0) is 22.5 Å². The van der Waals surface area contributed by atoms with Crippen molar-refractivity contribution in [2.24, 2.45) is 5.92 Å². The third kappa shape index (κ3) is 5.72. The first kappa shape index (κ1) is 25.5. The number of hydrogen-bond acceptors (Lipinski definition) is 7. The number of morpholine rings is 1. The van der Waals surface area contributed by atoms with Gasteiger partial charge in [0, 0.05) is 36.8 Å². The van der Waals surface area contributed by atoms with Crippen LogP contribution in [0.3, 0.4) is 0 Å². The van der Waals surface area contributed by atoms with Gasteiger partial charge in [-0.3, -0.25) is 14.7 Å². The topological polar surface area (TPSA) is 82.4 Å². The van der Waals surface area contributed by atoms with Crippen LogP contribution in [0, 0.1) is 11.7 Å². The van der Waals surface area contributed by atoms with Crippen molar-refractivity contribution in [2.45, 2.75) is 58.2 Å². The van der Waals surface area contributed by atoms with Crippen molar-refractivity contribution in [2.75, 3.05) is 26.9 Å². The quantitative estimate of drug-likeness (QED) is 0.407. The Kier molecular flexibility index (Phi) is 7.62. The number of carbonyl (C=O) groups is 1. The van der Waals surface area contributed by atoms with E-state index in [1.807, 2.05) is 26.1 Å². The number of ether oxygens (including phenoxy) is 2. The van der Waals surface area contributed by atoms with Gasteiger partial charge in [-0.15, -0.1) is 5.10 Å². The molecule has 2 aliphatic heterocycles. The van der Waals surface area contributed by atoms with Gasteiger partial charge >= 0.3 is 0 Å². The number of methoxy groups -OCH3 is 1. The monoisotopic (exact) mass is 507 g/mol. The lowest BCUT2D eigenvalue weighted by molar-refractivity contribution is -0.120. The van der Waals surface area contributed by atoms with E-state index in [2.05, 4.69) is 21.0 Å². The number of halogens is 1. The van der Waals surface area contributed by atoms with Crippen LogP contribution < -0.4 is 4.74 Å². The van der Waals surface area contributed by atoms with Crippen LogP contribution in [0.4, 0.5) is 4.39 Å². The fourth-order valence-corrected chi connectivity index (χ4v) is 5.30. The van der Waals surface area contributed by atoms with E-state index in [0.29, 0.717) is 41.4 Å². The van der Waals surface area contributed by atoms with Crippen molar-refractivity contribution in [3.05, 3.63) is 47.9 Å². The standard InChI is InChI=1S/C28H34FN5O3/c1-18(2)12-23(35)15-34-28(20-5-8-24(29)26(13-20)36-3)31-27(32-34)25-9-4-19(14-30-25)10-11-33-21-6-7-22(33)17-37-16-21/h4-5,8-9,13-14,18,21-22H,6-7,10-12,15-17H2,1-3H3. The molecule has 0 saturated carbocycles. The Labute approximate surface area is 216 Å². The molecule has 2 fully saturated rings. The molecule has 2 aliphatic rings. The Morgan fingerprint density at radius 3 is 2.65 bits per heavy atom. The molecule has 5 rings (SSSR count). The highest BCUT2D eigenvalue weighted by molar-refractivity contribution is 5.79. The van der Waals surface area contributed by atoms with Crippen molar-refractivity contribution in [3.63, 3.8) is 0 Å². The van der Waals surface area contributed by atoms with E-state index in [1.54, 1.807) is 16.8 Å². The number of rotatable bonds is 10. The Hall–Kier alpha value is -3.17. The minimum absolute atomic E-state index is 0.0576. The summed E-state index contributed by atoms with van der Waals surface area (Å²) in [5.74, 6) is 0.843. The number of nitrogens with zero attached hydrogens (tertiary/aromatic N) is 5. The molecule has 9 heteroatoms. The Bertz CT molecular complexity index is 1230. The van der Waals surface area contributed by atoms with E-state index in [1.165, 1.54) is 26.0 Å².